The van der Waals surface area contributed by atoms with E-state index in [4.69, 9.17) is 10.5 Å². The van der Waals surface area contributed by atoms with Crippen LogP contribution in [0, 0.1) is 6.92 Å². The second-order valence-corrected chi connectivity index (χ2v) is 6.61. The van der Waals surface area contributed by atoms with Gasteiger partial charge in [0.25, 0.3) is 0 Å². The average molecular weight is 349 g/mol. The summed E-state index contributed by atoms with van der Waals surface area (Å²) in [6, 6.07) is 8.17. The van der Waals surface area contributed by atoms with Gasteiger partial charge < -0.3 is 10.5 Å². The number of anilines is 1. The van der Waals surface area contributed by atoms with Gasteiger partial charge in [-0.05, 0) is 57.9 Å². The van der Waals surface area contributed by atoms with Crippen LogP contribution in [0.3, 0.4) is 0 Å². The molecule has 0 saturated carbocycles. The monoisotopic (exact) mass is 348 g/mol. The van der Waals surface area contributed by atoms with E-state index in [0.29, 0.717) is 11.6 Å². The molecule has 112 valence electrons. The lowest BCUT2D eigenvalue weighted by Gasteiger charge is -2.23. The lowest BCUT2D eigenvalue weighted by Crippen LogP contribution is -2.14. The first-order chi connectivity index (χ1) is 9.85. The third kappa shape index (κ3) is 3.38. The minimum absolute atomic E-state index is 0.176. The second kappa shape index (κ2) is 6.06. The molecule has 1 heterocycles. The molecule has 0 unspecified atom stereocenters. The fourth-order valence-corrected chi connectivity index (χ4v) is 2.34. The minimum atomic E-state index is 0.176. The maximum atomic E-state index is 5.83. The van der Waals surface area contributed by atoms with Crippen molar-refractivity contribution in [3.63, 3.8) is 0 Å². The molecule has 2 N–H and O–H groups in total. The summed E-state index contributed by atoms with van der Waals surface area (Å²) >= 11 is 3.48. The number of nitrogen functional groups attached to an aromatic ring is 1. The van der Waals surface area contributed by atoms with Gasteiger partial charge in [0.2, 0.25) is 5.88 Å². The Bertz CT molecular complexity index is 636. The number of ether oxygens (including phenoxy) is 1. The number of aromatic nitrogens is 1. The molecule has 0 radical (unpaired) electrons. The van der Waals surface area contributed by atoms with Gasteiger partial charge in [0.1, 0.15) is 5.75 Å². The molecule has 0 aliphatic heterocycles. The zero-order valence-corrected chi connectivity index (χ0v) is 14.5. The van der Waals surface area contributed by atoms with Crippen LogP contribution in [-0.2, 0) is 5.41 Å². The van der Waals surface area contributed by atoms with Crippen LogP contribution >= 0.6 is 15.9 Å². The molecule has 0 aliphatic rings. The Labute approximate surface area is 134 Å². The van der Waals surface area contributed by atoms with Crippen molar-refractivity contribution in [3.8, 4) is 11.6 Å². The Morgan fingerprint density at radius 3 is 2.43 bits per heavy atom. The van der Waals surface area contributed by atoms with E-state index in [9.17, 15) is 0 Å². The Hall–Kier alpha value is -1.55. The summed E-state index contributed by atoms with van der Waals surface area (Å²) in [4.78, 5) is 4.23. The van der Waals surface area contributed by atoms with E-state index in [1.54, 1.807) is 6.20 Å². The molecule has 2 rings (SSSR count). The normalized spacial score (nSPS) is 11.5. The Balaban J connectivity index is 2.24. The van der Waals surface area contributed by atoms with Crippen molar-refractivity contribution in [2.45, 2.75) is 39.5 Å². The summed E-state index contributed by atoms with van der Waals surface area (Å²) in [5, 5.41) is 0. The van der Waals surface area contributed by atoms with Gasteiger partial charge in [-0.1, -0.05) is 32.9 Å². The van der Waals surface area contributed by atoms with Crippen LogP contribution in [0.1, 0.15) is 38.3 Å². The summed E-state index contributed by atoms with van der Waals surface area (Å²) in [5.74, 6) is 1.30. The highest BCUT2D eigenvalue weighted by molar-refractivity contribution is 9.10. The largest absolute Gasteiger partial charge is 0.438 e. The number of hydrogen-bond acceptors (Lipinski definition) is 3. The predicted octanol–water partition coefficient (Wildman–Crippen LogP) is 5.21. The lowest BCUT2D eigenvalue weighted by molar-refractivity contribution is 0.457. The maximum absolute atomic E-state index is 5.83. The molecular formula is C17H21BrN2O. The Kier molecular flexibility index (Phi) is 4.57. The molecule has 21 heavy (non-hydrogen) atoms. The van der Waals surface area contributed by atoms with Crippen molar-refractivity contribution in [1.29, 1.82) is 0 Å². The first-order valence-corrected chi connectivity index (χ1v) is 7.83. The van der Waals surface area contributed by atoms with E-state index in [-0.39, 0.29) is 5.41 Å². The highest BCUT2D eigenvalue weighted by Gasteiger charge is 2.18. The standard InChI is InChI=1S/C17H21BrN2O/c1-5-17(3,4)12-6-8-13(9-7-12)21-16-15(18)11(2)14(19)10-20-16/h6-10H,5,19H2,1-4H3. The number of benzene rings is 1. The van der Waals surface area contributed by atoms with Gasteiger partial charge in [-0.25, -0.2) is 4.98 Å². The molecule has 1 aromatic carbocycles. The summed E-state index contributed by atoms with van der Waals surface area (Å²) in [5.41, 5.74) is 8.88. The van der Waals surface area contributed by atoms with Gasteiger partial charge in [0.15, 0.2) is 0 Å². The van der Waals surface area contributed by atoms with Crippen LogP contribution in [0.2, 0.25) is 0 Å². The molecule has 0 fully saturated rings. The van der Waals surface area contributed by atoms with Crippen molar-refractivity contribution in [3.05, 3.63) is 46.1 Å². The van der Waals surface area contributed by atoms with Crippen LogP contribution < -0.4 is 10.5 Å². The summed E-state index contributed by atoms with van der Waals surface area (Å²) in [6.07, 6.45) is 2.71. The van der Waals surface area contributed by atoms with Gasteiger partial charge in [-0.2, -0.15) is 0 Å². The van der Waals surface area contributed by atoms with Gasteiger partial charge in [-0.15, -0.1) is 0 Å². The van der Waals surface area contributed by atoms with Gasteiger partial charge in [-0.3, -0.25) is 0 Å². The van der Waals surface area contributed by atoms with Crippen molar-refractivity contribution in [1.82, 2.24) is 4.98 Å². The van der Waals surface area contributed by atoms with Crippen molar-refractivity contribution in [2.75, 3.05) is 5.73 Å². The summed E-state index contributed by atoms with van der Waals surface area (Å²) in [7, 11) is 0. The van der Waals surface area contributed by atoms with E-state index >= 15 is 0 Å². The SMILES string of the molecule is CCC(C)(C)c1ccc(Oc2ncc(N)c(C)c2Br)cc1. The van der Waals surface area contributed by atoms with Crippen LogP contribution in [0.15, 0.2) is 34.9 Å². The van der Waals surface area contributed by atoms with E-state index in [1.165, 1.54) is 5.56 Å². The van der Waals surface area contributed by atoms with Crippen molar-refractivity contribution < 1.29 is 4.74 Å². The van der Waals surface area contributed by atoms with Gasteiger partial charge in [0.05, 0.1) is 16.4 Å². The van der Waals surface area contributed by atoms with E-state index in [2.05, 4.69) is 53.8 Å². The highest BCUT2D eigenvalue weighted by Crippen LogP contribution is 2.34. The number of rotatable bonds is 4. The van der Waals surface area contributed by atoms with Crippen LogP contribution in [0.25, 0.3) is 0 Å². The Morgan fingerprint density at radius 2 is 1.86 bits per heavy atom. The van der Waals surface area contributed by atoms with Crippen LogP contribution in [-0.4, -0.2) is 4.98 Å². The van der Waals surface area contributed by atoms with Crippen molar-refractivity contribution in [2.24, 2.45) is 0 Å². The van der Waals surface area contributed by atoms with Gasteiger partial charge >= 0.3 is 0 Å². The summed E-state index contributed by atoms with van der Waals surface area (Å²) in [6.45, 7) is 8.61. The molecular weight excluding hydrogens is 328 g/mol. The minimum Gasteiger partial charge on any atom is -0.438 e. The highest BCUT2D eigenvalue weighted by atomic mass is 79.9. The molecule has 4 heteroatoms. The molecule has 0 atom stereocenters. The van der Waals surface area contributed by atoms with E-state index in [0.717, 1.165) is 22.2 Å². The fourth-order valence-electron chi connectivity index (χ4n) is 1.93. The average Bonchev–Trinajstić information content (AvgIpc) is 2.48. The van der Waals surface area contributed by atoms with Crippen LogP contribution in [0.5, 0.6) is 11.6 Å². The topological polar surface area (TPSA) is 48.1 Å². The second-order valence-electron chi connectivity index (χ2n) is 5.82. The van der Waals surface area contributed by atoms with Crippen molar-refractivity contribution >= 4 is 21.6 Å². The first-order valence-electron chi connectivity index (χ1n) is 7.04. The van der Waals surface area contributed by atoms with Gasteiger partial charge in [0, 0.05) is 0 Å². The summed E-state index contributed by atoms with van der Waals surface area (Å²) < 4.78 is 6.62. The molecule has 2 aromatic rings. The molecule has 0 amide bonds. The quantitative estimate of drug-likeness (QED) is 0.824. The molecule has 1 aromatic heterocycles. The van der Waals surface area contributed by atoms with E-state index < -0.39 is 0 Å². The zero-order chi connectivity index (χ0) is 15.6. The first kappa shape index (κ1) is 15.8. The maximum Gasteiger partial charge on any atom is 0.233 e. The number of halogens is 1. The predicted molar refractivity (Wildman–Crippen MR) is 90.9 cm³/mol. The smallest absolute Gasteiger partial charge is 0.233 e. The number of pyridine rings is 1. The fraction of sp³-hybridized carbons (Fsp3) is 0.353. The molecule has 3 nitrogen and oxygen atoms in total. The lowest BCUT2D eigenvalue weighted by atomic mass is 9.82. The van der Waals surface area contributed by atoms with Crippen LogP contribution in [0.4, 0.5) is 5.69 Å². The molecule has 0 saturated heterocycles. The number of nitrogens with two attached hydrogens (primary N) is 1. The molecule has 0 bridgehead atoms. The zero-order valence-electron chi connectivity index (χ0n) is 12.9. The molecule has 0 aliphatic carbocycles. The molecule has 0 spiro atoms. The van der Waals surface area contributed by atoms with E-state index in [1.807, 2.05) is 19.1 Å². The third-order valence-electron chi connectivity index (χ3n) is 4.01. The number of hydrogen-bond donors (Lipinski definition) is 1. The Morgan fingerprint density at radius 1 is 1.24 bits per heavy atom. The number of nitrogens with zero attached hydrogens (tertiary/aromatic N) is 1. The third-order valence-corrected chi connectivity index (χ3v) is 4.94.